The fraction of sp³-hybridized carbons (Fsp3) is 0.143. The van der Waals surface area contributed by atoms with Crippen molar-refractivity contribution in [1.29, 1.82) is 0 Å². The normalized spacial score (nSPS) is 10.9. The third kappa shape index (κ3) is 5.06. The molecular formula is C21H21N3O5S. The molecule has 0 saturated heterocycles. The van der Waals surface area contributed by atoms with Crippen molar-refractivity contribution in [3.8, 4) is 11.5 Å². The van der Waals surface area contributed by atoms with Gasteiger partial charge in [0.1, 0.15) is 5.75 Å². The van der Waals surface area contributed by atoms with Crippen LogP contribution in [0.1, 0.15) is 17.3 Å². The Morgan fingerprint density at radius 2 is 1.83 bits per heavy atom. The van der Waals surface area contributed by atoms with Crippen molar-refractivity contribution in [2.45, 2.75) is 11.8 Å². The van der Waals surface area contributed by atoms with E-state index in [1.165, 1.54) is 37.6 Å². The molecule has 8 nitrogen and oxygen atoms in total. The fourth-order valence-electron chi connectivity index (χ4n) is 2.63. The molecule has 0 radical (unpaired) electrons. The molecule has 1 aromatic heterocycles. The monoisotopic (exact) mass is 427 g/mol. The van der Waals surface area contributed by atoms with Crippen molar-refractivity contribution in [2.75, 3.05) is 23.8 Å². The summed E-state index contributed by atoms with van der Waals surface area (Å²) in [6.45, 7) is 2.38. The van der Waals surface area contributed by atoms with Crippen LogP contribution in [-0.2, 0) is 10.0 Å². The number of carbonyl (C=O) groups excluding carboxylic acids is 1. The topological polar surface area (TPSA) is 107 Å². The Hall–Kier alpha value is -3.59. The maximum absolute atomic E-state index is 12.7. The molecule has 9 heteroatoms. The van der Waals surface area contributed by atoms with E-state index in [9.17, 15) is 13.2 Å². The summed E-state index contributed by atoms with van der Waals surface area (Å²) in [6, 6.07) is 15.6. The van der Waals surface area contributed by atoms with E-state index in [4.69, 9.17) is 9.47 Å². The zero-order chi connectivity index (χ0) is 21.6. The summed E-state index contributed by atoms with van der Waals surface area (Å²) >= 11 is 0. The van der Waals surface area contributed by atoms with Gasteiger partial charge in [-0.05, 0) is 61.5 Å². The van der Waals surface area contributed by atoms with Crippen LogP contribution in [0.2, 0.25) is 0 Å². The molecule has 0 aliphatic rings. The molecule has 0 aliphatic heterocycles. The van der Waals surface area contributed by atoms with Gasteiger partial charge < -0.3 is 14.8 Å². The van der Waals surface area contributed by atoms with Gasteiger partial charge in [0.2, 0.25) is 0 Å². The molecule has 3 aromatic rings. The van der Waals surface area contributed by atoms with E-state index >= 15 is 0 Å². The van der Waals surface area contributed by atoms with E-state index in [0.717, 1.165) is 0 Å². The Morgan fingerprint density at radius 1 is 1.07 bits per heavy atom. The largest absolute Gasteiger partial charge is 0.494 e. The van der Waals surface area contributed by atoms with E-state index in [0.29, 0.717) is 23.8 Å². The number of methoxy groups -OCH3 is 1. The lowest BCUT2D eigenvalue weighted by atomic mass is 10.2. The lowest BCUT2D eigenvalue weighted by Crippen LogP contribution is -2.16. The highest BCUT2D eigenvalue weighted by atomic mass is 32.2. The van der Waals surface area contributed by atoms with Crippen LogP contribution in [0.3, 0.4) is 0 Å². The summed E-state index contributed by atoms with van der Waals surface area (Å²) in [5.74, 6) is 0.770. The molecular weight excluding hydrogens is 406 g/mol. The maximum atomic E-state index is 12.7. The van der Waals surface area contributed by atoms with Gasteiger partial charge in [-0.15, -0.1) is 0 Å². The van der Waals surface area contributed by atoms with Gasteiger partial charge in [0, 0.05) is 17.4 Å². The lowest BCUT2D eigenvalue weighted by Gasteiger charge is -2.11. The third-order valence-corrected chi connectivity index (χ3v) is 5.43. The van der Waals surface area contributed by atoms with E-state index in [1.54, 1.807) is 36.4 Å². The molecule has 2 N–H and O–H groups in total. The Bertz CT molecular complexity index is 1130. The summed E-state index contributed by atoms with van der Waals surface area (Å²) in [5, 5.41) is 2.62. The number of amides is 1. The SMILES string of the molecule is CCOc1ccc(NS(=O)(=O)c2cccc(C(=O)Nc3ncccc3OC)c2)cc1. The highest BCUT2D eigenvalue weighted by Crippen LogP contribution is 2.23. The minimum atomic E-state index is -3.89. The fourth-order valence-corrected chi connectivity index (χ4v) is 3.74. The standard InChI is InChI=1S/C21H21N3O5S/c1-3-29-17-11-9-16(10-12-17)24-30(26,27)18-7-4-6-15(14-18)21(25)23-20-19(28-2)8-5-13-22-20/h4-14,24H,3H2,1-2H3,(H,22,23,25). The second-order valence-corrected chi connectivity index (χ2v) is 7.78. The van der Waals surface area contributed by atoms with Gasteiger partial charge in [0.25, 0.3) is 15.9 Å². The average molecular weight is 427 g/mol. The molecule has 156 valence electrons. The number of anilines is 2. The molecule has 3 rings (SSSR count). The Balaban J connectivity index is 1.78. The average Bonchev–Trinajstić information content (AvgIpc) is 2.75. The summed E-state index contributed by atoms with van der Waals surface area (Å²) in [5.41, 5.74) is 0.545. The number of pyridine rings is 1. The number of nitrogens with zero attached hydrogens (tertiary/aromatic N) is 1. The van der Waals surface area contributed by atoms with Crippen LogP contribution in [0, 0.1) is 0 Å². The molecule has 0 aliphatic carbocycles. The minimum absolute atomic E-state index is 0.0444. The van der Waals surface area contributed by atoms with Crippen molar-refractivity contribution in [3.63, 3.8) is 0 Å². The van der Waals surface area contributed by atoms with Gasteiger partial charge in [-0.25, -0.2) is 13.4 Å². The first kappa shape index (κ1) is 21.1. The van der Waals surface area contributed by atoms with E-state index < -0.39 is 15.9 Å². The number of hydrogen-bond donors (Lipinski definition) is 2. The first-order valence-corrected chi connectivity index (χ1v) is 10.6. The molecule has 30 heavy (non-hydrogen) atoms. The van der Waals surface area contributed by atoms with Gasteiger partial charge >= 0.3 is 0 Å². The smallest absolute Gasteiger partial charge is 0.261 e. The molecule has 1 heterocycles. The Kier molecular flexibility index (Phi) is 6.53. The highest BCUT2D eigenvalue weighted by Gasteiger charge is 2.17. The second kappa shape index (κ2) is 9.27. The number of carbonyl (C=O) groups is 1. The molecule has 0 spiro atoms. The Morgan fingerprint density at radius 3 is 2.53 bits per heavy atom. The van der Waals surface area contributed by atoms with Crippen molar-refractivity contribution in [1.82, 2.24) is 4.98 Å². The highest BCUT2D eigenvalue weighted by molar-refractivity contribution is 7.92. The summed E-state index contributed by atoms with van der Waals surface area (Å²) in [6.07, 6.45) is 1.51. The molecule has 0 unspecified atom stereocenters. The quantitative estimate of drug-likeness (QED) is 0.569. The van der Waals surface area contributed by atoms with Crippen LogP contribution in [0.15, 0.2) is 71.8 Å². The van der Waals surface area contributed by atoms with Gasteiger partial charge in [-0.3, -0.25) is 9.52 Å². The molecule has 0 saturated carbocycles. The molecule has 0 atom stereocenters. The summed E-state index contributed by atoms with van der Waals surface area (Å²) in [7, 11) is -2.43. The molecule has 0 fully saturated rings. The van der Waals surface area contributed by atoms with Crippen LogP contribution < -0.4 is 19.5 Å². The van der Waals surface area contributed by atoms with Gasteiger partial charge in [-0.1, -0.05) is 6.07 Å². The minimum Gasteiger partial charge on any atom is -0.494 e. The van der Waals surface area contributed by atoms with Crippen molar-refractivity contribution >= 4 is 27.4 Å². The predicted octanol–water partition coefficient (Wildman–Crippen LogP) is 3.54. The Labute approximate surface area is 174 Å². The van der Waals surface area contributed by atoms with Crippen LogP contribution in [-0.4, -0.2) is 33.0 Å². The third-order valence-electron chi connectivity index (χ3n) is 4.05. The number of hydrogen-bond acceptors (Lipinski definition) is 6. The van der Waals surface area contributed by atoms with E-state index in [-0.39, 0.29) is 16.3 Å². The van der Waals surface area contributed by atoms with Crippen LogP contribution in [0.4, 0.5) is 11.5 Å². The first-order valence-electron chi connectivity index (χ1n) is 9.09. The summed E-state index contributed by atoms with van der Waals surface area (Å²) in [4.78, 5) is 16.6. The number of ether oxygens (including phenoxy) is 2. The zero-order valence-corrected chi connectivity index (χ0v) is 17.3. The number of sulfonamides is 1. The van der Waals surface area contributed by atoms with Crippen molar-refractivity contribution in [2.24, 2.45) is 0 Å². The van der Waals surface area contributed by atoms with Crippen LogP contribution >= 0.6 is 0 Å². The molecule has 1 amide bonds. The van der Waals surface area contributed by atoms with E-state index in [2.05, 4.69) is 15.0 Å². The predicted molar refractivity (Wildman–Crippen MR) is 114 cm³/mol. The van der Waals surface area contributed by atoms with Crippen molar-refractivity contribution < 1.29 is 22.7 Å². The lowest BCUT2D eigenvalue weighted by molar-refractivity contribution is 0.102. The second-order valence-electron chi connectivity index (χ2n) is 6.10. The van der Waals surface area contributed by atoms with Gasteiger partial charge in [0.05, 0.1) is 18.6 Å². The molecule has 2 aromatic carbocycles. The van der Waals surface area contributed by atoms with Gasteiger partial charge in [0.15, 0.2) is 11.6 Å². The number of rotatable bonds is 8. The van der Waals surface area contributed by atoms with Crippen molar-refractivity contribution in [3.05, 3.63) is 72.4 Å². The maximum Gasteiger partial charge on any atom is 0.261 e. The number of benzene rings is 2. The molecule has 0 bridgehead atoms. The van der Waals surface area contributed by atoms with Gasteiger partial charge in [-0.2, -0.15) is 0 Å². The first-order chi connectivity index (χ1) is 14.4. The van der Waals surface area contributed by atoms with Crippen LogP contribution in [0.25, 0.3) is 0 Å². The van der Waals surface area contributed by atoms with E-state index in [1.807, 2.05) is 6.92 Å². The number of aromatic nitrogens is 1. The summed E-state index contributed by atoms with van der Waals surface area (Å²) < 4.78 is 38.5. The zero-order valence-electron chi connectivity index (χ0n) is 16.5. The van der Waals surface area contributed by atoms with Crippen LogP contribution in [0.5, 0.6) is 11.5 Å². The number of nitrogens with one attached hydrogen (secondary N) is 2.